The number of ketones is 1. The first-order valence-corrected chi connectivity index (χ1v) is 8.88. The van der Waals surface area contributed by atoms with Crippen LogP contribution < -0.4 is 0 Å². The Bertz CT molecular complexity index is 598. The molecule has 0 unspecified atom stereocenters. The zero-order valence-electron chi connectivity index (χ0n) is 14.8. The maximum absolute atomic E-state index is 12.2. The molecule has 0 bridgehead atoms. The number of Topliss-reactive ketones (excluding diaryl/α,β-unsaturated/α-hetero) is 1. The number of carbonyl (C=O) groups excluding carboxylic acids is 2. The van der Waals surface area contributed by atoms with E-state index in [2.05, 4.69) is 26.8 Å². The molecule has 0 aromatic heterocycles. The SMILES string of the molecule is CC1=C2CC[C@@]3(C)C/C=C(/C)CC(=O)C[C@@H](C)C[C@@H](OC1=O)[C@H]23. The van der Waals surface area contributed by atoms with Crippen LogP contribution in [0.15, 0.2) is 22.8 Å². The Morgan fingerprint density at radius 2 is 2.00 bits per heavy atom. The van der Waals surface area contributed by atoms with E-state index in [1.54, 1.807) is 0 Å². The molecule has 3 rings (SSSR count). The van der Waals surface area contributed by atoms with Crippen LogP contribution in [0.4, 0.5) is 0 Å². The maximum Gasteiger partial charge on any atom is 0.333 e. The lowest BCUT2D eigenvalue weighted by molar-refractivity contribution is -0.151. The molecule has 3 nitrogen and oxygen atoms in total. The largest absolute Gasteiger partial charge is 0.458 e. The molecule has 126 valence electrons. The number of allylic oxidation sites excluding steroid dienone is 2. The fourth-order valence-electron chi connectivity index (χ4n) is 4.82. The van der Waals surface area contributed by atoms with Crippen molar-refractivity contribution in [3.63, 3.8) is 0 Å². The number of esters is 1. The van der Waals surface area contributed by atoms with E-state index >= 15 is 0 Å². The summed E-state index contributed by atoms with van der Waals surface area (Å²) in [7, 11) is 0. The van der Waals surface area contributed by atoms with Crippen LogP contribution in [-0.2, 0) is 14.3 Å². The van der Waals surface area contributed by atoms with Gasteiger partial charge in [0.15, 0.2) is 0 Å². The van der Waals surface area contributed by atoms with Gasteiger partial charge in [-0.2, -0.15) is 0 Å². The van der Waals surface area contributed by atoms with Crippen LogP contribution in [0.25, 0.3) is 0 Å². The van der Waals surface area contributed by atoms with E-state index in [-0.39, 0.29) is 23.4 Å². The van der Waals surface area contributed by atoms with Gasteiger partial charge in [0.05, 0.1) is 0 Å². The summed E-state index contributed by atoms with van der Waals surface area (Å²) >= 11 is 0. The van der Waals surface area contributed by atoms with E-state index < -0.39 is 0 Å². The van der Waals surface area contributed by atoms with E-state index in [1.807, 2.05) is 6.92 Å². The predicted octanol–water partition coefficient (Wildman–Crippen LogP) is 4.37. The van der Waals surface area contributed by atoms with Gasteiger partial charge in [-0.25, -0.2) is 4.79 Å². The van der Waals surface area contributed by atoms with Gasteiger partial charge in [-0.15, -0.1) is 0 Å². The molecule has 0 N–H and O–H groups in total. The zero-order valence-corrected chi connectivity index (χ0v) is 14.8. The van der Waals surface area contributed by atoms with Crippen molar-refractivity contribution < 1.29 is 14.3 Å². The average Bonchev–Trinajstić information content (AvgIpc) is 2.80. The molecule has 0 spiro atoms. The highest BCUT2D eigenvalue weighted by Crippen LogP contribution is 2.55. The Morgan fingerprint density at radius 1 is 1.26 bits per heavy atom. The van der Waals surface area contributed by atoms with Crippen molar-refractivity contribution in [3.05, 3.63) is 22.8 Å². The van der Waals surface area contributed by atoms with Gasteiger partial charge in [0.25, 0.3) is 0 Å². The van der Waals surface area contributed by atoms with Crippen molar-refractivity contribution in [2.75, 3.05) is 0 Å². The molecule has 1 saturated carbocycles. The molecule has 3 heteroatoms. The van der Waals surface area contributed by atoms with Crippen LogP contribution in [0.1, 0.15) is 66.2 Å². The number of ether oxygens (including phenoxy) is 1. The third-order valence-corrected chi connectivity index (χ3v) is 6.11. The maximum atomic E-state index is 12.2. The van der Waals surface area contributed by atoms with Gasteiger partial charge in [-0.1, -0.05) is 31.1 Å². The van der Waals surface area contributed by atoms with Gasteiger partial charge in [-0.05, 0) is 50.9 Å². The second-order valence-corrected chi connectivity index (χ2v) is 8.24. The number of carbonyl (C=O) groups is 2. The zero-order chi connectivity index (χ0) is 16.8. The van der Waals surface area contributed by atoms with Crippen molar-refractivity contribution in [2.24, 2.45) is 17.3 Å². The fraction of sp³-hybridized carbons (Fsp3) is 0.700. The summed E-state index contributed by atoms with van der Waals surface area (Å²) in [6, 6.07) is 0. The monoisotopic (exact) mass is 316 g/mol. The first-order valence-electron chi connectivity index (χ1n) is 8.88. The highest BCUT2D eigenvalue weighted by molar-refractivity contribution is 5.90. The van der Waals surface area contributed by atoms with Crippen molar-refractivity contribution in [3.8, 4) is 0 Å². The Morgan fingerprint density at radius 3 is 2.74 bits per heavy atom. The topological polar surface area (TPSA) is 43.4 Å². The lowest BCUT2D eigenvalue weighted by Crippen LogP contribution is -2.40. The molecule has 0 radical (unpaired) electrons. The Labute approximate surface area is 139 Å². The van der Waals surface area contributed by atoms with Gasteiger partial charge in [0.1, 0.15) is 11.9 Å². The first kappa shape index (κ1) is 16.5. The summed E-state index contributed by atoms with van der Waals surface area (Å²) in [5.74, 6) is 0.735. The van der Waals surface area contributed by atoms with E-state index in [0.29, 0.717) is 24.5 Å². The number of hydrogen-bond acceptors (Lipinski definition) is 3. The molecule has 0 amide bonds. The second kappa shape index (κ2) is 5.92. The normalized spacial score (nSPS) is 40.9. The molecule has 0 aromatic carbocycles. The molecule has 1 aliphatic heterocycles. The van der Waals surface area contributed by atoms with Gasteiger partial charge < -0.3 is 4.74 Å². The summed E-state index contributed by atoms with van der Waals surface area (Å²) in [5, 5.41) is 0. The Hall–Kier alpha value is -1.38. The molecule has 23 heavy (non-hydrogen) atoms. The minimum atomic E-state index is -0.148. The third kappa shape index (κ3) is 3.02. The molecule has 1 heterocycles. The van der Waals surface area contributed by atoms with Crippen molar-refractivity contribution in [2.45, 2.75) is 72.3 Å². The summed E-state index contributed by atoms with van der Waals surface area (Å²) in [6.07, 6.45) is 7.21. The van der Waals surface area contributed by atoms with Crippen LogP contribution in [0.2, 0.25) is 0 Å². The van der Waals surface area contributed by atoms with Crippen molar-refractivity contribution in [1.82, 2.24) is 0 Å². The summed E-state index contributed by atoms with van der Waals surface area (Å²) in [6.45, 7) is 8.43. The Kier molecular flexibility index (Phi) is 4.24. The molecule has 3 aliphatic rings. The molecule has 4 atom stereocenters. The summed E-state index contributed by atoms with van der Waals surface area (Å²) in [4.78, 5) is 24.4. The highest BCUT2D eigenvalue weighted by Gasteiger charge is 2.50. The summed E-state index contributed by atoms with van der Waals surface area (Å²) in [5.41, 5.74) is 3.46. The number of hydrogen-bond donors (Lipinski definition) is 0. The lowest BCUT2D eigenvalue weighted by atomic mass is 9.70. The van der Waals surface area contributed by atoms with Gasteiger partial charge in [-0.3, -0.25) is 4.79 Å². The second-order valence-electron chi connectivity index (χ2n) is 8.24. The molecular formula is C20H28O3. The molecule has 2 aliphatic carbocycles. The summed E-state index contributed by atoms with van der Waals surface area (Å²) < 4.78 is 5.82. The standard InChI is InChI=1S/C20H28O3/c1-12-5-7-20(4)8-6-16-14(3)19(22)23-17(18(16)20)11-13(2)10-15(21)9-12/h5,13,17-18H,6-11H2,1-4H3/b12-5-/t13-,17-,18+,20-/m1/s1. The van der Waals surface area contributed by atoms with Crippen molar-refractivity contribution >= 4 is 11.8 Å². The quantitative estimate of drug-likeness (QED) is 0.492. The predicted molar refractivity (Wildman–Crippen MR) is 89.8 cm³/mol. The fourth-order valence-corrected chi connectivity index (χ4v) is 4.82. The molecule has 0 aromatic rings. The van der Waals surface area contributed by atoms with Crippen LogP contribution in [-0.4, -0.2) is 17.9 Å². The van der Waals surface area contributed by atoms with E-state index in [4.69, 9.17) is 4.74 Å². The van der Waals surface area contributed by atoms with Crippen LogP contribution in [0, 0.1) is 17.3 Å². The highest BCUT2D eigenvalue weighted by atomic mass is 16.5. The smallest absolute Gasteiger partial charge is 0.333 e. The van der Waals surface area contributed by atoms with Crippen LogP contribution >= 0.6 is 0 Å². The van der Waals surface area contributed by atoms with E-state index in [1.165, 1.54) is 11.1 Å². The third-order valence-electron chi connectivity index (χ3n) is 6.11. The van der Waals surface area contributed by atoms with Gasteiger partial charge in [0, 0.05) is 24.3 Å². The average molecular weight is 316 g/mol. The number of rotatable bonds is 0. The lowest BCUT2D eigenvalue weighted by Gasteiger charge is -2.40. The van der Waals surface area contributed by atoms with Crippen LogP contribution in [0.3, 0.4) is 0 Å². The molecule has 0 saturated heterocycles. The molecular weight excluding hydrogens is 288 g/mol. The van der Waals surface area contributed by atoms with Crippen LogP contribution in [0.5, 0.6) is 0 Å². The van der Waals surface area contributed by atoms with E-state index in [0.717, 1.165) is 31.3 Å². The van der Waals surface area contributed by atoms with Crippen molar-refractivity contribution in [1.29, 1.82) is 0 Å². The Balaban J connectivity index is 2.02. The first-order chi connectivity index (χ1) is 10.8. The van der Waals surface area contributed by atoms with Gasteiger partial charge >= 0.3 is 5.97 Å². The molecule has 1 fully saturated rings. The van der Waals surface area contributed by atoms with Gasteiger partial charge in [0.2, 0.25) is 0 Å². The minimum absolute atomic E-state index is 0.0664. The van der Waals surface area contributed by atoms with E-state index in [9.17, 15) is 9.59 Å². The minimum Gasteiger partial charge on any atom is -0.458 e.